The molecular weight excluding hydrogens is 606 g/mol. The first-order valence-electron chi connectivity index (χ1n) is 14.3. The van der Waals surface area contributed by atoms with Crippen molar-refractivity contribution in [1.82, 2.24) is 14.5 Å². The van der Waals surface area contributed by atoms with E-state index in [9.17, 15) is 4.39 Å². The van der Waals surface area contributed by atoms with Gasteiger partial charge in [-0.25, -0.2) is 13.8 Å². The van der Waals surface area contributed by atoms with Gasteiger partial charge in [0, 0.05) is 12.2 Å². The molecule has 4 heterocycles. The van der Waals surface area contributed by atoms with Gasteiger partial charge >= 0.3 is 0 Å². The molecule has 2 saturated heterocycles. The highest BCUT2D eigenvalue weighted by molar-refractivity contribution is 9.10. The Morgan fingerprint density at radius 2 is 1.86 bits per heavy atom. The standard InChI is InChI=1S/C32H29BrF2N4O3/c33-24-14-25(34)30-31(29(24)35)39(16-22-10-13-40-22)28(37-30)17-38-11-8-20(9-12-38)23-2-1-3-26-32(23)41-18-27(42-26)21-6-4-19(15-36)5-7-21/h1-7,14,20,22,27H,8-13,16-18H2/t22-,27-/m0/s1. The maximum atomic E-state index is 15.2. The Balaban J connectivity index is 1.06. The van der Waals surface area contributed by atoms with Crippen LogP contribution in [0.25, 0.3) is 11.0 Å². The predicted molar refractivity (Wildman–Crippen MR) is 155 cm³/mol. The van der Waals surface area contributed by atoms with Gasteiger partial charge in [0.05, 0.1) is 35.3 Å². The molecule has 0 unspecified atom stereocenters. The summed E-state index contributed by atoms with van der Waals surface area (Å²) in [5.41, 5.74) is 2.98. The van der Waals surface area contributed by atoms with Crippen molar-refractivity contribution >= 4 is 27.0 Å². The average molecular weight is 636 g/mol. The number of piperidine rings is 1. The fourth-order valence-electron chi connectivity index (χ4n) is 6.18. The quantitative estimate of drug-likeness (QED) is 0.222. The van der Waals surface area contributed by atoms with Crippen LogP contribution in [-0.2, 0) is 17.8 Å². The first-order valence-corrected chi connectivity index (χ1v) is 15.1. The van der Waals surface area contributed by atoms with Crippen molar-refractivity contribution in [3.63, 3.8) is 0 Å². The number of hydrogen-bond donors (Lipinski definition) is 0. The molecule has 0 amide bonds. The van der Waals surface area contributed by atoms with Crippen LogP contribution >= 0.6 is 15.9 Å². The average Bonchev–Trinajstić information content (AvgIpc) is 3.36. The highest BCUT2D eigenvalue weighted by atomic mass is 79.9. The lowest BCUT2D eigenvalue weighted by Crippen LogP contribution is -2.35. The van der Waals surface area contributed by atoms with E-state index >= 15 is 4.39 Å². The summed E-state index contributed by atoms with van der Waals surface area (Å²) in [6.45, 7) is 3.69. The minimum atomic E-state index is -0.538. The summed E-state index contributed by atoms with van der Waals surface area (Å²) in [7, 11) is 0. The molecule has 3 aliphatic rings. The van der Waals surface area contributed by atoms with E-state index in [1.165, 1.54) is 0 Å². The van der Waals surface area contributed by atoms with Crippen molar-refractivity contribution in [1.29, 1.82) is 5.26 Å². The van der Waals surface area contributed by atoms with Gasteiger partial charge in [0.2, 0.25) is 0 Å². The molecule has 2 atom stereocenters. The number of para-hydroxylation sites is 1. The first kappa shape index (κ1) is 27.3. The number of imidazole rings is 1. The maximum absolute atomic E-state index is 15.2. The summed E-state index contributed by atoms with van der Waals surface area (Å²) in [6.07, 6.45) is 2.47. The Hall–Kier alpha value is -3.52. The molecule has 0 radical (unpaired) electrons. The Morgan fingerprint density at radius 3 is 2.57 bits per heavy atom. The molecule has 0 N–H and O–H groups in total. The third-order valence-electron chi connectivity index (χ3n) is 8.59. The molecule has 7 rings (SSSR count). The van der Waals surface area contributed by atoms with Gasteiger partial charge in [0.15, 0.2) is 29.2 Å². The SMILES string of the molecule is N#Cc1ccc([C@@H]2COc3c(cccc3C3CCN(Cc4nc5c(F)cc(Br)c(F)c5n4C[C@@H]4CCO4)CC3)O2)cc1. The van der Waals surface area contributed by atoms with Crippen LogP contribution < -0.4 is 9.47 Å². The van der Waals surface area contributed by atoms with Gasteiger partial charge in [0.1, 0.15) is 23.5 Å². The number of hydrogen-bond acceptors (Lipinski definition) is 6. The number of benzene rings is 3. The molecule has 7 nitrogen and oxygen atoms in total. The second kappa shape index (κ2) is 11.3. The molecular formula is C32H29BrF2N4O3. The largest absolute Gasteiger partial charge is 0.485 e. The highest BCUT2D eigenvalue weighted by Gasteiger charge is 2.31. The van der Waals surface area contributed by atoms with Crippen LogP contribution in [0.4, 0.5) is 8.78 Å². The summed E-state index contributed by atoms with van der Waals surface area (Å²) in [6, 6.07) is 16.8. The van der Waals surface area contributed by atoms with E-state index in [-0.39, 0.29) is 27.7 Å². The van der Waals surface area contributed by atoms with E-state index in [0.29, 0.717) is 43.6 Å². The first-order chi connectivity index (χ1) is 20.5. The summed E-state index contributed by atoms with van der Waals surface area (Å²) < 4.78 is 50.1. The van der Waals surface area contributed by atoms with E-state index in [0.717, 1.165) is 61.0 Å². The second-order valence-electron chi connectivity index (χ2n) is 11.1. The molecule has 0 aliphatic carbocycles. The van der Waals surface area contributed by atoms with Crippen molar-refractivity contribution in [3.05, 3.63) is 87.2 Å². The zero-order valence-corrected chi connectivity index (χ0v) is 24.4. The molecule has 1 aromatic heterocycles. The lowest BCUT2D eigenvalue weighted by Gasteiger charge is -2.35. The zero-order chi connectivity index (χ0) is 28.8. The van der Waals surface area contributed by atoms with Gasteiger partial charge in [-0.3, -0.25) is 4.90 Å². The zero-order valence-electron chi connectivity index (χ0n) is 22.9. The van der Waals surface area contributed by atoms with E-state index in [1.807, 2.05) is 24.3 Å². The number of ether oxygens (including phenoxy) is 3. The highest BCUT2D eigenvalue weighted by Crippen LogP contribution is 2.44. The summed E-state index contributed by atoms with van der Waals surface area (Å²) in [5.74, 6) is 1.46. The third kappa shape index (κ3) is 5.04. The molecule has 0 saturated carbocycles. The number of nitriles is 1. The lowest BCUT2D eigenvalue weighted by atomic mass is 9.88. The smallest absolute Gasteiger partial charge is 0.164 e. The van der Waals surface area contributed by atoms with Crippen LogP contribution in [0.2, 0.25) is 0 Å². The van der Waals surface area contributed by atoms with Crippen molar-refractivity contribution in [2.24, 2.45) is 0 Å². The van der Waals surface area contributed by atoms with Crippen molar-refractivity contribution in [2.45, 2.75) is 50.5 Å². The van der Waals surface area contributed by atoms with Gasteiger partial charge < -0.3 is 18.8 Å². The van der Waals surface area contributed by atoms with Crippen molar-refractivity contribution < 1.29 is 23.0 Å². The number of fused-ring (bicyclic) bond motifs is 2. The minimum absolute atomic E-state index is 0.0173. The van der Waals surface area contributed by atoms with E-state index in [4.69, 9.17) is 19.5 Å². The van der Waals surface area contributed by atoms with Crippen LogP contribution in [0.1, 0.15) is 53.8 Å². The number of rotatable bonds is 6. The molecule has 4 aromatic rings. The Kier molecular flexibility index (Phi) is 7.34. The summed E-state index contributed by atoms with van der Waals surface area (Å²) >= 11 is 3.15. The van der Waals surface area contributed by atoms with Gasteiger partial charge in [-0.05, 0) is 84.0 Å². The molecule has 3 aromatic carbocycles. The minimum Gasteiger partial charge on any atom is -0.485 e. The van der Waals surface area contributed by atoms with Gasteiger partial charge in [-0.15, -0.1) is 0 Å². The Labute approximate surface area is 250 Å². The number of likely N-dealkylation sites (tertiary alicyclic amines) is 1. The fourth-order valence-corrected chi connectivity index (χ4v) is 6.57. The Bertz CT molecular complexity index is 1670. The monoisotopic (exact) mass is 634 g/mol. The van der Waals surface area contributed by atoms with E-state index < -0.39 is 11.6 Å². The number of nitrogens with zero attached hydrogens (tertiary/aromatic N) is 4. The van der Waals surface area contributed by atoms with Gasteiger partial charge in [-0.1, -0.05) is 24.3 Å². The molecule has 2 fully saturated rings. The fraction of sp³-hybridized carbons (Fsp3) is 0.375. The van der Waals surface area contributed by atoms with Crippen molar-refractivity contribution in [2.75, 3.05) is 26.3 Å². The normalized spacial score (nSPS) is 20.8. The summed E-state index contributed by atoms with van der Waals surface area (Å²) in [4.78, 5) is 6.87. The lowest BCUT2D eigenvalue weighted by molar-refractivity contribution is -0.0592. The summed E-state index contributed by atoms with van der Waals surface area (Å²) in [5, 5.41) is 9.08. The molecule has 3 aliphatic heterocycles. The van der Waals surface area contributed by atoms with Crippen LogP contribution in [0, 0.1) is 23.0 Å². The number of aromatic nitrogens is 2. The molecule has 0 bridgehead atoms. The third-order valence-corrected chi connectivity index (χ3v) is 9.16. The van der Waals surface area contributed by atoms with E-state index in [1.54, 1.807) is 16.7 Å². The van der Waals surface area contributed by atoms with Crippen LogP contribution in [-0.4, -0.2) is 46.9 Å². The van der Waals surface area contributed by atoms with Gasteiger partial charge in [-0.2, -0.15) is 5.26 Å². The molecule has 42 heavy (non-hydrogen) atoms. The second-order valence-corrected chi connectivity index (χ2v) is 12.0. The van der Waals surface area contributed by atoms with E-state index in [2.05, 4.69) is 37.9 Å². The van der Waals surface area contributed by atoms with Crippen molar-refractivity contribution in [3.8, 4) is 17.6 Å². The number of halogens is 3. The molecule has 0 spiro atoms. The van der Waals surface area contributed by atoms with Crippen LogP contribution in [0.3, 0.4) is 0 Å². The maximum Gasteiger partial charge on any atom is 0.164 e. The van der Waals surface area contributed by atoms with Crippen LogP contribution in [0.5, 0.6) is 11.5 Å². The Morgan fingerprint density at radius 1 is 1.07 bits per heavy atom. The predicted octanol–water partition coefficient (Wildman–Crippen LogP) is 6.63. The topological polar surface area (TPSA) is 72.5 Å². The van der Waals surface area contributed by atoms with Gasteiger partial charge in [0.25, 0.3) is 0 Å². The molecule has 10 heteroatoms. The molecule has 216 valence electrons. The van der Waals surface area contributed by atoms with Crippen LogP contribution in [0.15, 0.2) is 53.0 Å².